The van der Waals surface area contributed by atoms with Gasteiger partial charge in [0.1, 0.15) is 0 Å². The fourth-order valence-corrected chi connectivity index (χ4v) is 3.15. The van der Waals surface area contributed by atoms with Crippen molar-refractivity contribution in [2.24, 2.45) is 0 Å². The predicted molar refractivity (Wildman–Crippen MR) is 97.8 cm³/mol. The number of hydrogen-bond donors (Lipinski definition) is 2. The van der Waals surface area contributed by atoms with E-state index in [1.807, 2.05) is 47.4 Å². The van der Waals surface area contributed by atoms with E-state index in [1.54, 1.807) is 0 Å². The van der Waals surface area contributed by atoms with Gasteiger partial charge in [-0.25, -0.2) is 4.79 Å². The molecule has 1 aliphatic heterocycles. The number of anilines is 2. The zero-order valence-corrected chi connectivity index (χ0v) is 14.0. The van der Waals surface area contributed by atoms with Crippen LogP contribution in [0.4, 0.5) is 16.2 Å². The third-order valence-electron chi connectivity index (χ3n) is 4.67. The second-order valence-corrected chi connectivity index (χ2v) is 6.67. The predicted octanol–water partition coefficient (Wildman–Crippen LogP) is 3.10. The van der Waals surface area contributed by atoms with Crippen LogP contribution in [0.3, 0.4) is 0 Å². The van der Waals surface area contributed by atoms with Crippen molar-refractivity contribution < 1.29 is 9.59 Å². The molecule has 2 aromatic rings. The third kappa shape index (κ3) is 3.65. The molecule has 5 heteroatoms. The van der Waals surface area contributed by atoms with E-state index in [4.69, 9.17) is 0 Å². The van der Waals surface area contributed by atoms with Gasteiger partial charge in [-0.2, -0.15) is 0 Å². The van der Waals surface area contributed by atoms with Crippen molar-refractivity contribution in [1.82, 2.24) is 5.32 Å². The lowest BCUT2D eigenvalue weighted by Crippen LogP contribution is -2.30. The van der Waals surface area contributed by atoms with Crippen LogP contribution in [-0.2, 0) is 17.6 Å². The number of amides is 3. The van der Waals surface area contributed by atoms with Crippen LogP contribution in [-0.4, -0.2) is 24.5 Å². The number of fused-ring (bicyclic) bond motifs is 1. The van der Waals surface area contributed by atoms with Crippen molar-refractivity contribution in [2.45, 2.75) is 31.7 Å². The zero-order chi connectivity index (χ0) is 17.2. The van der Waals surface area contributed by atoms with Gasteiger partial charge in [-0.15, -0.1) is 0 Å². The van der Waals surface area contributed by atoms with Gasteiger partial charge in [0.2, 0.25) is 5.91 Å². The smallest absolute Gasteiger partial charge is 0.319 e. The summed E-state index contributed by atoms with van der Waals surface area (Å²) in [6.07, 6.45) is 3.41. The lowest BCUT2D eigenvalue weighted by atomic mass is 10.1. The van der Waals surface area contributed by atoms with Gasteiger partial charge < -0.3 is 15.5 Å². The first kappa shape index (κ1) is 15.7. The minimum absolute atomic E-state index is 0.108. The Bertz CT molecular complexity index is 797. The largest absolute Gasteiger partial charge is 0.335 e. The molecular weight excluding hydrogens is 314 g/mol. The van der Waals surface area contributed by atoms with Crippen LogP contribution in [0.15, 0.2) is 48.5 Å². The van der Waals surface area contributed by atoms with Crippen LogP contribution in [0.1, 0.15) is 24.0 Å². The van der Waals surface area contributed by atoms with E-state index in [0.717, 1.165) is 42.7 Å². The molecule has 0 aromatic heterocycles. The summed E-state index contributed by atoms with van der Waals surface area (Å²) < 4.78 is 0. The highest BCUT2D eigenvalue weighted by Crippen LogP contribution is 2.28. The number of carbonyl (C=O) groups is 2. The highest BCUT2D eigenvalue weighted by atomic mass is 16.2. The second kappa shape index (κ2) is 6.59. The molecule has 2 aliphatic rings. The van der Waals surface area contributed by atoms with Gasteiger partial charge >= 0.3 is 6.03 Å². The Morgan fingerprint density at radius 2 is 1.80 bits per heavy atom. The van der Waals surface area contributed by atoms with Crippen molar-refractivity contribution in [3.05, 3.63) is 59.7 Å². The number of urea groups is 1. The molecule has 1 aliphatic carbocycles. The molecule has 0 saturated heterocycles. The van der Waals surface area contributed by atoms with Crippen LogP contribution in [0.25, 0.3) is 0 Å². The van der Waals surface area contributed by atoms with Gasteiger partial charge in [-0.1, -0.05) is 30.3 Å². The molecule has 0 unspecified atom stereocenters. The maximum Gasteiger partial charge on any atom is 0.319 e. The van der Waals surface area contributed by atoms with Crippen LogP contribution < -0.4 is 15.5 Å². The number of benzene rings is 2. The summed E-state index contributed by atoms with van der Waals surface area (Å²) in [7, 11) is 0. The normalized spacial score (nSPS) is 15.6. The topological polar surface area (TPSA) is 61.4 Å². The highest BCUT2D eigenvalue weighted by Gasteiger charge is 2.24. The molecule has 1 saturated carbocycles. The quantitative estimate of drug-likeness (QED) is 0.902. The maximum atomic E-state index is 12.6. The second-order valence-electron chi connectivity index (χ2n) is 6.67. The van der Waals surface area contributed by atoms with E-state index in [9.17, 15) is 9.59 Å². The number of hydrogen-bond acceptors (Lipinski definition) is 2. The van der Waals surface area contributed by atoms with Gasteiger partial charge in [0.05, 0.1) is 6.42 Å². The molecule has 0 bridgehead atoms. The Morgan fingerprint density at radius 3 is 2.56 bits per heavy atom. The molecule has 0 atom stereocenters. The molecule has 1 fully saturated rings. The molecule has 5 nitrogen and oxygen atoms in total. The van der Waals surface area contributed by atoms with Gasteiger partial charge in [-0.05, 0) is 48.6 Å². The number of para-hydroxylation sites is 1. The first-order valence-electron chi connectivity index (χ1n) is 8.74. The fraction of sp³-hybridized carbons (Fsp3) is 0.300. The standard InChI is InChI=1S/C20H21N3O2/c24-19(23-12-11-15-3-1-2-4-18(15)23)13-14-5-7-16(8-6-14)21-20(25)22-17-9-10-17/h1-8,17H,9-13H2,(H2,21,22,25). The molecule has 1 heterocycles. The lowest BCUT2D eigenvalue weighted by Gasteiger charge is -2.17. The summed E-state index contributed by atoms with van der Waals surface area (Å²) in [6, 6.07) is 15.7. The summed E-state index contributed by atoms with van der Waals surface area (Å²) in [5, 5.41) is 5.70. The molecule has 4 rings (SSSR count). The Kier molecular flexibility index (Phi) is 4.14. The zero-order valence-electron chi connectivity index (χ0n) is 14.0. The van der Waals surface area contributed by atoms with Crippen LogP contribution in [0.5, 0.6) is 0 Å². The summed E-state index contributed by atoms with van der Waals surface area (Å²) >= 11 is 0. The molecule has 0 radical (unpaired) electrons. The van der Waals surface area contributed by atoms with Gasteiger partial charge in [0.25, 0.3) is 0 Å². The van der Waals surface area contributed by atoms with Crippen LogP contribution >= 0.6 is 0 Å². The van der Waals surface area contributed by atoms with Gasteiger partial charge in [0.15, 0.2) is 0 Å². The van der Waals surface area contributed by atoms with E-state index in [0.29, 0.717) is 12.5 Å². The first-order chi connectivity index (χ1) is 12.2. The average Bonchev–Trinajstić information content (AvgIpc) is 3.31. The fourth-order valence-electron chi connectivity index (χ4n) is 3.15. The van der Waals surface area contributed by atoms with E-state index in [1.165, 1.54) is 5.56 Å². The Hall–Kier alpha value is -2.82. The Morgan fingerprint density at radius 1 is 1.04 bits per heavy atom. The van der Waals surface area contributed by atoms with E-state index < -0.39 is 0 Å². The molecule has 2 aromatic carbocycles. The van der Waals surface area contributed by atoms with Crippen molar-refractivity contribution in [3.63, 3.8) is 0 Å². The van der Waals surface area contributed by atoms with Crippen LogP contribution in [0.2, 0.25) is 0 Å². The van der Waals surface area contributed by atoms with Crippen molar-refractivity contribution >= 4 is 23.3 Å². The SMILES string of the molecule is O=C(Nc1ccc(CC(=O)N2CCc3ccccc32)cc1)NC1CC1. The number of nitrogens with one attached hydrogen (secondary N) is 2. The van der Waals surface area contributed by atoms with Crippen LogP contribution in [0, 0.1) is 0 Å². The number of rotatable bonds is 4. The van der Waals surface area contributed by atoms with Crippen molar-refractivity contribution in [1.29, 1.82) is 0 Å². The summed E-state index contributed by atoms with van der Waals surface area (Å²) in [5.74, 6) is 0.108. The molecule has 0 spiro atoms. The monoisotopic (exact) mass is 335 g/mol. The Labute approximate surface area is 147 Å². The van der Waals surface area contributed by atoms with E-state index in [-0.39, 0.29) is 11.9 Å². The van der Waals surface area contributed by atoms with Gasteiger partial charge in [-0.3, -0.25) is 4.79 Å². The minimum Gasteiger partial charge on any atom is -0.335 e. The number of nitrogens with zero attached hydrogens (tertiary/aromatic N) is 1. The highest BCUT2D eigenvalue weighted by molar-refractivity contribution is 5.96. The van der Waals surface area contributed by atoms with E-state index >= 15 is 0 Å². The minimum atomic E-state index is -0.167. The van der Waals surface area contributed by atoms with Crippen molar-refractivity contribution in [3.8, 4) is 0 Å². The lowest BCUT2D eigenvalue weighted by molar-refractivity contribution is -0.117. The van der Waals surface area contributed by atoms with E-state index in [2.05, 4.69) is 16.7 Å². The van der Waals surface area contributed by atoms with Crippen molar-refractivity contribution in [2.75, 3.05) is 16.8 Å². The maximum absolute atomic E-state index is 12.6. The average molecular weight is 335 g/mol. The molecule has 128 valence electrons. The number of carbonyl (C=O) groups excluding carboxylic acids is 2. The Balaban J connectivity index is 1.36. The first-order valence-corrected chi connectivity index (χ1v) is 8.74. The molecule has 3 amide bonds. The molecular formula is C20H21N3O2. The summed E-state index contributed by atoms with van der Waals surface area (Å²) in [5.41, 5.74) is 3.95. The summed E-state index contributed by atoms with van der Waals surface area (Å²) in [4.78, 5) is 26.2. The molecule has 25 heavy (non-hydrogen) atoms. The third-order valence-corrected chi connectivity index (χ3v) is 4.67. The van der Waals surface area contributed by atoms with Gasteiger partial charge in [0, 0.05) is 24.0 Å². The molecule has 2 N–H and O–H groups in total. The summed E-state index contributed by atoms with van der Waals surface area (Å²) in [6.45, 7) is 0.749.